The Morgan fingerprint density at radius 3 is 2.54 bits per heavy atom. The van der Waals surface area contributed by atoms with Crippen LogP contribution in [-0.2, 0) is 12.8 Å². The van der Waals surface area contributed by atoms with Crippen LogP contribution in [0.2, 0.25) is 0 Å². The van der Waals surface area contributed by atoms with E-state index in [0.29, 0.717) is 6.79 Å². The van der Waals surface area contributed by atoms with E-state index in [0.717, 1.165) is 60.4 Å². The summed E-state index contributed by atoms with van der Waals surface area (Å²) in [7, 11) is 1.77. The zero-order valence-electron chi connectivity index (χ0n) is 15.3. The number of aromatic nitrogens is 1. The fourth-order valence-corrected chi connectivity index (χ4v) is 2.81. The van der Waals surface area contributed by atoms with Gasteiger partial charge in [0.05, 0.1) is 5.69 Å². The first kappa shape index (κ1) is 20.3. The first-order valence-electron chi connectivity index (χ1n) is 8.42. The molecule has 0 unspecified atom stereocenters. The molecule has 7 nitrogen and oxygen atoms in total. The highest BCUT2D eigenvalue weighted by atomic mass is 127. The van der Waals surface area contributed by atoms with Gasteiger partial charge in [-0.2, -0.15) is 0 Å². The van der Waals surface area contributed by atoms with E-state index in [1.54, 1.807) is 7.05 Å². The number of fused-ring (bicyclic) bond motifs is 1. The van der Waals surface area contributed by atoms with E-state index in [1.165, 1.54) is 5.56 Å². The Morgan fingerprint density at radius 2 is 1.85 bits per heavy atom. The lowest BCUT2D eigenvalue weighted by Crippen LogP contribution is -2.39. The second kappa shape index (κ2) is 9.65. The van der Waals surface area contributed by atoms with Crippen molar-refractivity contribution in [1.29, 1.82) is 0 Å². The fraction of sp³-hybridized carbons (Fsp3) is 0.444. The normalized spacial score (nSPS) is 12.7. The van der Waals surface area contributed by atoms with Crippen molar-refractivity contribution < 1.29 is 14.0 Å². The number of hydrogen-bond acceptors (Lipinski definition) is 5. The molecule has 0 aliphatic carbocycles. The molecule has 0 spiro atoms. The summed E-state index contributed by atoms with van der Waals surface area (Å²) in [6.07, 6.45) is 1.73. The highest BCUT2D eigenvalue weighted by Gasteiger charge is 2.13. The Morgan fingerprint density at radius 1 is 1.12 bits per heavy atom. The lowest BCUT2D eigenvalue weighted by atomic mass is 10.1. The van der Waals surface area contributed by atoms with E-state index < -0.39 is 0 Å². The summed E-state index contributed by atoms with van der Waals surface area (Å²) >= 11 is 0. The molecule has 1 aliphatic heterocycles. The first-order valence-corrected chi connectivity index (χ1v) is 8.42. The second-order valence-corrected chi connectivity index (χ2v) is 5.92. The Hall–Kier alpha value is -1.97. The van der Waals surface area contributed by atoms with Gasteiger partial charge in [0.25, 0.3) is 0 Å². The molecule has 26 heavy (non-hydrogen) atoms. The molecule has 0 amide bonds. The number of hydrogen-bond donors (Lipinski definition) is 2. The molecule has 0 fully saturated rings. The van der Waals surface area contributed by atoms with Crippen LogP contribution in [-0.4, -0.2) is 38.0 Å². The number of rotatable bonds is 6. The van der Waals surface area contributed by atoms with E-state index >= 15 is 0 Å². The summed E-state index contributed by atoms with van der Waals surface area (Å²) in [5.41, 5.74) is 3.30. The third kappa shape index (κ3) is 5.03. The summed E-state index contributed by atoms with van der Waals surface area (Å²) in [5, 5.41) is 10.6. The minimum atomic E-state index is 0. The second-order valence-electron chi connectivity index (χ2n) is 5.92. The Bertz CT molecular complexity index is 741. The molecule has 0 atom stereocenters. The van der Waals surface area contributed by atoms with Gasteiger partial charge in [0.1, 0.15) is 5.76 Å². The van der Waals surface area contributed by atoms with E-state index in [4.69, 9.17) is 14.0 Å². The topological polar surface area (TPSA) is 80.9 Å². The molecule has 3 rings (SSSR count). The summed E-state index contributed by atoms with van der Waals surface area (Å²) < 4.78 is 15.9. The van der Waals surface area contributed by atoms with Crippen molar-refractivity contribution >= 4 is 29.9 Å². The highest BCUT2D eigenvalue weighted by Crippen LogP contribution is 2.32. The number of ether oxygens (including phenoxy) is 2. The lowest BCUT2D eigenvalue weighted by Gasteiger charge is -2.12. The quantitative estimate of drug-likeness (QED) is 0.382. The molecule has 1 aromatic carbocycles. The Kier molecular flexibility index (Phi) is 7.55. The smallest absolute Gasteiger partial charge is 0.231 e. The van der Waals surface area contributed by atoms with Crippen molar-refractivity contribution in [1.82, 2.24) is 15.8 Å². The average molecular weight is 472 g/mol. The van der Waals surface area contributed by atoms with Crippen LogP contribution in [0.3, 0.4) is 0 Å². The van der Waals surface area contributed by atoms with Crippen LogP contribution < -0.4 is 20.1 Å². The molecule has 0 saturated heterocycles. The molecule has 0 saturated carbocycles. The van der Waals surface area contributed by atoms with Crippen LogP contribution in [0.1, 0.15) is 22.6 Å². The third-order valence-electron chi connectivity index (χ3n) is 4.22. The number of nitrogens with one attached hydrogen (secondary N) is 2. The zero-order valence-corrected chi connectivity index (χ0v) is 17.6. The number of aliphatic imine (C=N–C) groups is 1. The molecule has 0 bridgehead atoms. The molecule has 2 aromatic rings. The molecule has 2 heterocycles. The van der Waals surface area contributed by atoms with Gasteiger partial charge >= 0.3 is 0 Å². The molecule has 1 aliphatic rings. The maximum absolute atomic E-state index is 5.40. The fourth-order valence-electron chi connectivity index (χ4n) is 2.81. The van der Waals surface area contributed by atoms with Crippen molar-refractivity contribution in [3.63, 3.8) is 0 Å². The number of nitrogens with zero attached hydrogens (tertiary/aromatic N) is 2. The molecule has 142 valence electrons. The van der Waals surface area contributed by atoms with Crippen LogP contribution in [0.5, 0.6) is 11.5 Å². The lowest BCUT2D eigenvalue weighted by molar-refractivity contribution is 0.174. The molecular formula is C18H25IN4O3. The van der Waals surface area contributed by atoms with Crippen LogP contribution in [0.15, 0.2) is 27.7 Å². The summed E-state index contributed by atoms with van der Waals surface area (Å²) in [4.78, 5) is 4.25. The van der Waals surface area contributed by atoms with Crippen molar-refractivity contribution in [2.75, 3.05) is 26.9 Å². The monoisotopic (exact) mass is 472 g/mol. The van der Waals surface area contributed by atoms with Crippen molar-refractivity contribution in [2.45, 2.75) is 26.7 Å². The minimum absolute atomic E-state index is 0. The molecule has 8 heteroatoms. The van der Waals surface area contributed by atoms with Crippen molar-refractivity contribution in [2.24, 2.45) is 4.99 Å². The van der Waals surface area contributed by atoms with E-state index in [-0.39, 0.29) is 24.0 Å². The number of guanidine groups is 1. The van der Waals surface area contributed by atoms with Gasteiger partial charge in [-0.3, -0.25) is 4.99 Å². The number of aryl methyl sites for hydroxylation is 2. The van der Waals surface area contributed by atoms with Gasteiger partial charge in [0.15, 0.2) is 17.5 Å². The van der Waals surface area contributed by atoms with Gasteiger partial charge in [0.2, 0.25) is 6.79 Å². The standard InChI is InChI=1S/C18H24N4O3.HI/c1-12-15(13(2)25-22-12)7-9-21-18(19-3)20-8-6-14-4-5-16-17(10-14)24-11-23-16;/h4-5,10H,6-9,11H2,1-3H3,(H2,19,20,21);1H. The van der Waals surface area contributed by atoms with E-state index in [2.05, 4.69) is 26.8 Å². The van der Waals surface area contributed by atoms with E-state index in [1.807, 2.05) is 26.0 Å². The minimum Gasteiger partial charge on any atom is -0.454 e. The highest BCUT2D eigenvalue weighted by molar-refractivity contribution is 14.0. The Balaban J connectivity index is 0.00000243. The predicted molar refractivity (Wildman–Crippen MR) is 111 cm³/mol. The van der Waals surface area contributed by atoms with Crippen LogP contribution in [0, 0.1) is 13.8 Å². The zero-order chi connectivity index (χ0) is 17.6. The van der Waals surface area contributed by atoms with Crippen molar-refractivity contribution in [3.05, 3.63) is 40.8 Å². The predicted octanol–water partition coefficient (Wildman–Crippen LogP) is 2.59. The molecular weight excluding hydrogens is 447 g/mol. The SMILES string of the molecule is CN=C(NCCc1ccc2c(c1)OCO2)NCCc1c(C)noc1C.I. The van der Waals surface area contributed by atoms with Crippen LogP contribution in [0.4, 0.5) is 0 Å². The summed E-state index contributed by atoms with van der Waals surface area (Å²) in [6.45, 7) is 5.76. The first-order chi connectivity index (χ1) is 12.2. The van der Waals surface area contributed by atoms with Gasteiger partial charge in [0, 0.05) is 25.7 Å². The Labute approximate surface area is 170 Å². The van der Waals surface area contributed by atoms with Gasteiger partial charge in [-0.15, -0.1) is 24.0 Å². The van der Waals surface area contributed by atoms with Gasteiger partial charge in [-0.05, 0) is 44.4 Å². The van der Waals surface area contributed by atoms with Gasteiger partial charge in [-0.25, -0.2) is 0 Å². The third-order valence-corrected chi connectivity index (χ3v) is 4.22. The van der Waals surface area contributed by atoms with Gasteiger partial charge < -0.3 is 24.6 Å². The maximum atomic E-state index is 5.40. The number of benzene rings is 1. The maximum Gasteiger partial charge on any atom is 0.231 e. The molecule has 2 N–H and O–H groups in total. The molecule has 0 radical (unpaired) electrons. The summed E-state index contributed by atoms with van der Waals surface area (Å²) in [5.74, 6) is 3.30. The van der Waals surface area contributed by atoms with Gasteiger partial charge in [-0.1, -0.05) is 11.2 Å². The summed E-state index contributed by atoms with van der Waals surface area (Å²) in [6, 6.07) is 6.04. The number of halogens is 1. The van der Waals surface area contributed by atoms with Crippen LogP contribution >= 0.6 is 24.0 Å². The van der Waals surface area contributed by atoms with E-state index in [9.17, 15) is 0 Å². The largest absolute Gasteiger partial charge is 0.454 e. The van der Waals surface area contributed by atoms with Crippen LogP contribution in [0.25, 0.3) is 0 Å². The average Bonchev–Trinajstić information content (AvgIpc) is 3.20. The molecule has 1 aromatic heterocycles. The van der Waals surface area contributed by atoms with Crippen molar-refractivity contribution in [3.8, 4) is 11.5 Å².